The van der Waals surface area contributed by atoms with Crippen LogP contribution in [0.3, 0.4) is 0 Å². The number of rotatable bonds is 5. The average Bonchev–Trinajstić information content (AvgIpc) is 3.10. The van der Waals surface area contributed by atoms with Gasteiger partial charge in [-0.3, -0.25) is 4.68 Å². The zero-order valence-corrected chi connectivity index (χ0v) is 12.1. The summed E-state index contributed by atoms with van der Waals surface area (Å²) >= 11 is 2.20. The monoisotopic (exact) mass is 349 g/mol. The zero-order chi connectivity index (χ0) is 12.5. The van der Waals surface area contributed by atoms with Gasteiger partial charge >= 0.3 is 5.97 Å². The van der Waals surface area contributed by atoms with Crippen LogP contribution in [0, 0.1) is 9.49 Å². The van der Waals surface area contributed by atoms with Crippen molar-refractivity contribution in [3.8, 4) is 0 Å². The maximum absolute atomic E-state index is 12.0. The van der Waals surface area contributed by atoms with Crippen LogP contribution in [-0.4, -0.2) is 35.4 Å². The van der Waals surface area contributed by atoms with Crippen LogP contribution < -0.4 is 5.32 Å². The van der Waals surface area contributed by atoms with Gasteiger partial charge in [0, 0.05) is 6.20 Å². The van der Waals surface area contributed by atoms with Crippen molar-refractivity contribution < 1.29 is 9.53 Å². The first-order chi connectivity index (χ1) is 8.12. The Labute approximate surface area is 114 Å². The summed E-state index contributed by atoms with van der Waals surface area (Å²) in [4.78, 5) is 12.0. The van der Waals surface area contributed by atoms with E-state index in [2.05, 4.69) is 33.0 Å². The quantitative estimate of drug-likeness (QED) is 0.637. The van der Waals surface area contributed by atoms with Gasteiger partial charge in [-0.2, -0.15) is 5.10 Å². The Hall–Kier alpha value is -0.630. The second-order valence-electron chi connectivity index (χ2n) is 4.34. The van der Waals surface area contributed by atoms with Crippen LogP contribution in [0.25, 0.3) is 0 Å². The molecule has 1 heterocycles. The Morgan fingerprint density at radius 2 is 2.47 bits per heavy atom. The third-order valence-electron chi connectivity index (χ3n) is 3.28. The lowest BCUT2D eigenvalue weighted by Crippen LogP contribution is -2.56. The fourth-order valence-corrected chi connectivity index (χ4v) is 2.63. The molecular formula is C11H16IN3O2. The predicted octanol–water partition coefficient (Wildman–Crippen LogP) is 1.03. The fraction of sp³-hybridized carbons (Fsp3) is 0.636. The minimum Gasteiger partial charge on any atom is -0.468 e. The molecule has 6 heteroatoms. The molecule has 1 aliphatic rings. The molecule has 1 aromatic heterocycles. The molecule has 1 saturated carbocycles. The summed E-state index contributed by atoms with van der Waals surface area (Å²) < 4.78 is 7.80. The van der Waals surface area contributed by atoms with Gasteiger partial charge < -0.3 is 10.1 Å². The SMILES string of the molecule is CNC(Cn1cc(I)cn1)(C(=O)OC)C1CC1. The molecule has 0 radical (unpaired) electrons. The van der Waals surface area contributed by atoms with Crippen LogP contribution >= 0.6 is 22.6 Å². The van der Waals surface area contributed by atoms with E-state index in [4.69, 9.17) is 4.74 Å². The third kappa shape index (κ3) is 2.47. The molecule has 5 nitrogen and oxygen atoms in total. The predicted molar refractivity (Wildman–Crippen MR) is 71.5 cm³/mol. The Balaban J connectivity index is 2.23. The lowest BCUT2D eigenvalue weighted by molar-refractivity contribution is -0.150. The van der Waals surface area contributed by atoms with Gasteiger partial charge in [0.25, 0.3) is 0 Å². The van der Waals surface area contributed by atoms with Crippen molar-refractivity contribution in [3.63, 3.8) is 0 Å². The normalized spacial score (nSPS) is 18.8. The first-order valence-corrected chi connectivity index (χ1v) is 6.65. The highest BCUT2D eigenvalue weighted by Gasteiger charge is 2.51. The van der Waals surface area contributed by atoms with E-state index in [1.54, 1.807) is 10.9 Å². The van der Waals surface area contributed by atoms with E-state index in [0.29, 0.717) is 12.5 Å². The summed E-state index contributed by atoms with van der Waals surface area (Å²) in [5.74, 6) is 0.148. The molecule has 1 unspecified atom stereocenters. The number of aromatic nitrogens is 2. The second kappa shape index (κ2) is 4.93. The molecular weight excluding hydrogens is 333 g/mol. The van der Waals surface area contributed by atoms with Crippen molar-refractivity contribution in [1.82, 2.24) is 15.1 Å². The van der Waals surface area contributed by atoms with Gasteiger partial charge in [-0.15, -0.1) is 0 Å². The van der Waals surface area contributed by atoms with E-state index < -0.39 is 5.54 Å². The number of esters is 1. The lowest BCUT2D eigenvalue weighted by Gasteiger charge is -2.30. The molecule has 1 atom stereocenters. The fourth-order valence-electron chi connectivity index (χ4n) is 2.18. The molecule has 0 saturated heterocycles. The Bertz CT molecular complexity index is 417. The minimum absolute atomic E-state index is 0.201. The Morgan fingerprint density at radius 1 is 1.76 bits per heavy atom. The smallest absolute Gasteiger partial charge is 0.328 e. The number of nitrogens with one attached hydrogen (secondary N) is 1. The first kappa shape index (κ1) is 12.8. The molecule has 1 aromatic rings. The minimum atomic E-state index is -0.635. The summed E-state index contributed by atoms with van der Waals surface area (Å²) in [6.45, 7) is 0.518. The summed E-state index contributed by atoms with van der Waals surface area (Å²) in [7, 11) is 3.24. The number of methoxy groups -OCH3 is 1. The summed E-state index contributed by atoms with van der Waals surface area (Å²) in [5, 5.41) is 7.38. The maximum Gasteiger partial charge on any atom is 0.328 e. The number of ether oxygens (including phenoxy) is 1. The van der Waals surface area contributed by atoms with Gasteiger partial charge in [-0.25, -0.2) is 4.79 Å². The van der Waals surface area contributed by atoms with E-state index >= 15 is 0 Å². The van der Waals surface area contributed by atoms with Crippen LogP contribution in [0.5, 0.6) is 0 Å². The molecule has 0 bridgehead atoms. The summed E-state index contributed by atoms with van der Waals surface area (Å²) in [5.41, 5.74) is -0.635. The molecule has 17 heavy (non-hydrogen) atoms. The van der Waals surface area contributed by atoms with Crippen molar-refractivity contribution >= 4 is 28.6 Å². The highest BCUT2D eigenvalue weighted by atomic mass is 127. The number of nitrogens with zero attached hydrogens (tertiary/aromatic N) is 2. The highest BCUT2D eigenvalue weighted by Crippen LogP contribution is 2.41. The highest BCUT2D eigenvalue weighted by molar-refractivity contribution is 14.1. The largest absolute Gasteiger partial charge is 0.468 e. The number of hydrogen-bond acceptors (Lipinski definition) is 4. The van der Waals surface area contributed by atoms with Crippen molar-refractivity contribution in [2.75, 3.05) is 14.2 Å². The number of carbonyl (C=O) groups is 1. The van der Waals surface area contributed by atoms with Crippen molar-refractivity contribution in [3.05, 3.63) is 16.0 Å². The second-order valence-corrected chi connectivity index (χ2v) is 5.59. The third-order valence-corrected chi connectivity index (χ3v) is 3.84. The molecule has 0 spiro atoms. The summed E-state index contributed by atoms with van der Waals surface area (Å²) in [6, 6.07) is 0. The average molecular weight is 349 g/mol. The molecule has 94 valence electrons. The van der Waals surface area contributed by atoms with E-state index in [9.17, 15) is 4.79 Å². The van der Waals surface area contributed by atoms with Crippen LogP contribution in [0.15, 0.2) is 12.4 Å². The van der Waals surface area contributed by atoms with Crippen LogP contribution in [0.2, 0.25) is 0 Å². The topological polar surface area (TPSA) is 56.2 Å². The van der Waals surface area contributed by atoms with Gasteiger partial charge in [0.15, 0.2) is 0 Å². The van der Waals surface area contributed by atoms with Gasteiger partial charge in [-0.1, -0.05) is 0 Å². The van der Waals surface area contributed by atoms with Crippen LogP contribution in [0.4, 0.5) is 0 Å². The number of carbonyl (C=O) groups excluding carboxylic acids is 1. The summed E-state index contributed by atoms with van der Waals surface area (Å²) in [6.07, 6.45) is 5.84. The van der Waals surface area contributed by atoms with E-state index in [1.807, 2.05) is 13.2 Å². The van der Waals surface area contributed by atoms with Gasteiger partial charge in [0.05, 0.1) is 23.4 Å². The number of halogens is 1. The number of likely N-dealkylation sites (N-methyl/N-ethyl adjacent to an activating group) is 1. The van der Waals surface area contributed by atoms with Gasteiger partial charge in [-0.05, 0) is 48.4 Å². The molecule has 0 amide bonds. The molecule has 0 aromatic carbocycles. The van der Waals surface area contributed by atoms with E-state index in [1.165, 1.54) is 7.11 Å². The maximum atomic E-state index is 12.0. The van der Waals surface area contributed by atoms with E-state index in [0.717, 1.165) is 16.4 Å². The molecule has 2 rings (SSSR count). The van der Waals surface area contributed by atoms with Gasteiger partial charge in [0.2, 0.25) is 0 Å². The lowest BCUT2D eigenvalue weighted by atomic mass is 9.93. The zero-order valence-electron chi connectivity index (χ0n) is 9.94. The molecule has 0 aliphatic heterocycles. The van der Waals surface area contributed by atoms with Crippen molar-refractivity contribution in [2.45, 2.75) is 24.9 Å². The van der Waals surface area contributed by atoms with Gasteiger partial charge in [0.1, 0.15) is 5.54 Å². The van der Waals surface area contributed by atoms with Crippen LogP contribution in [-0.2, 0) is 16.1 Å². The standard InChI is InChI=1S/C11H16IN3O2/c1-13-11(8-3-4-8,10(16)17-2)7-15-6-9(12)5-14-15/h5-6,8,13H,3-4,7H2,1-2H3. The van der Waals surface area contributed by atoms with Crippen LogP contribution in [0.1, 0.15) is 12.8 Å². The Kier molecular flexibility index (Phi) is 3.72. The number of hydrogen-bond donors (Lipinski definition) is 1. The van der Waals surface area contributed by atoms with Crippen molar-refractivity contribution in [2.24, 2.45) is 5.92 Å². The molecule has 1 N–H and O–H groups in total. The molecule has 1 fully saturated rings. The van der Waals surface area contributed by atoms with Crippen molar-refractivity contribution in [1.29, 1.82) is 0 Å². The van der Waals surface area contributed by atoms with E-state index in [-0.39, 0.29) is 5.97 Å². The first-order valence-electron chi connectivity index (χ1n) is 5.57. The molecule has 1 aliphatic carbocycles. The Morgan fingerprint density at radius 3 is 2.88 bits per heavy atom.